The number of hydrogen-bond donors (Lipinski definition) is 1. The minimum Gasteiger partial charge on any atom is -0.352 e. The number of benzene rings is 1. The average molecular weight is 352 g/mol. The maximum Gasteiger partial charge on any atom is 0.222 e. The van der Waals surface area contributed by atoms with Crippen LogP contribution in [-0.2, 0) is 26.0 Å². The summed E-state index contributed by atoms with van der Waals surface area (Å²) >= 11 is 0. The van der Waals surface area contributed by atoms with E-state index >= 15 is 0 Å². The molecule has 1 fully saturated rings. The SMILES string of the molecule is CC(=O)N(CCC(=O)NC1CCS(=O)(=O)C1)Cc1ccc(C)cc1. The van der Waals surface area contributed by atoms with E-state index in [2.05, 4.69) is 5.32 Å². The second-order valence-corrected chi connectivity index (χ2v) is 8.57. The number of aryl methyl sites for hydroxylation is 1. The summed E-state index contributed by atoms with van der Waals surface area (Å²) in [6.45, 7) is 4.25. The second-order valence-electron chi connectivity index (χ2n) is 6.34. The number of sulfone groups is 1. The lowest BCUT2D eigenvalue weighted by molar-refractivity contribution is -0.130. The molecule has 1 N–H and O–H groups in total. The van der Waals surface area contributed by atoms with Gasteiger partial charge in [0, 0.05) is 32.5 Å². The van der Waals surface area contributed by atoms with Crippen LogP contribution in [0.3, 0.4) is 0 Å². The Morgan fingerprint density at radius 2 is 1.92 bits per heavy atom. The number of hydrogen-bond acceptors (Lipinski definition) is 4. The van der Waals surface area contributed by atoms with Crippen molar-refractivity contribution in [3.63, 3.8) is 0 Å². The van der Waals surface area contributed by atoms with Crippen molar-refractivity contribution in [3.8, 4) is 0 Å². The number of nitrogens with one attached hydrogen (secondary N) is 1. The van der Waals surface area contributed by atoms with Crippen molar-refractivity contribution >= 4 is 21.7 Å². The van der Waals surface area contributed by atoms with Crippen LogP contribution in [0.4, 0.5) is 0 Å². The number of carbonyl (C=O) groups excluding carboxylic acids is 2. The smallest absolute Gasteiger partial charge is 0.222 e. The van der Waals surface area contributed by atoms with E-state index in [0.717, 1.165) is 11.1 Å². The van der Waals surface area contributed by atoms with E-state index in [0.29, 0.717) is 19.5 Å². The van der Waals surface area contributed by atoms with Crippen molar-refractivity contribution in [1.82, 2.24) is 10.2 Å². The van der Waals surface area contributed by atoms with Gasteiger partial charge in [-0.2, -0.15) is 0 Å². The van der Waals surface area contributed by atoms with E-state index in [1.165, 1.54) is 6.92 Å². The molecule has 1 heterocycles. The fourth-order valence-corrected chi connectivity index (χ4v) is 4.38. The third-order valence-corrected chi connectivity index (χ3v) is 5.91. The van der Waals surface area contributed by atoms with Gasteiger partial charge >= 0.3 is 0 Å². The van der Waals surface area contributed by atoms with Crippen molar-refractivity contribution in [3.05, 3.63) is 35.4 Å². The van der Waals surface area contributed by atoms with Crippen LogP contribution >= 0.6 is 0 Å². The fraction of sp³-hybridized carbons (Fsp3) is 0.529. The molecule has 132 valence electrons. The van der Waals surface area contributed by atoms with Crippen molar-refractivity contribution in [2.45, 2.75) is 39.3 Å². The Bertz CT molecular complexity index is 698. The Labute approximate surface area is 143 Å². The first kappa shape index (κ1) is 18.4. The highest BCUT2D eigenvalue weighted by molar-refractivity contribution is 7.91. The van der Waals surface area contributed by atoms with Gasteiger partial charge in [0.05, 0.1) is 11.5 Å². The zero-order chi connectivity index (χ0) is 17.7. The predicted octanol–water partition coefficient (Wildman–Crippen LogP) is 1.04. The zero-order valence-electron chi connectivity index (χ0n) is 14.1. The molecule has 2 rings (SSSR count). The zero-order valence-corrected chi connectivity index (χ0v) is 14.9. The average Bonchev–Trinajstić information content (AvgIpc) is 2.84. The molecular weight excluding hydrogens is 328 g/mol. The van der Waals surface area contributed by atoms with Crippen molar-refractivity contribution < 1.29 is 18.0 Å². The molecule has 1 aliphatic rings. The molecule has 1 aliphatic heterocycles. The maximum absolute atomic E-state index is 12.0. The summed E-state index contributed by atoms with van der Waals surface area (Å²) in [5.74, 6) is -0.164. The lowest BCUT2D eigenvalue weighted by atomic mass is 10.1. The van der Waals surface area contributed by atoms with Crippen LogP contribution in [0.5, 0.6) is 0 Å². The van der Waals surface area contributed by atoms with E-state index < -0.39 is 9.84 Å². The van der Waals surface area contributed by atoms with Crippen molar-refractivity contribution in [2.75, 3.05) is 18.1 Å². The van der Waals surface area contributed by atoms with Gasteiger partial charge in [-0.1, -0.05) is 29.8 Å². The second kappa shape index (κ2) is 7.79. The van der Waals surface area contributed by atoms with E-state index in [1.54, 1.807) is 4.90 Å². The van der Waals surface area contributed by atoms with Gasteiger partial charge in [-0.25, -0.2) is 8.42 Å². The molecule has 1 aromatic rings. The Morgan fingerprint density at radius 1 is 1.25 bits per heavy atom. The molecule has 2 amide bonds. The summed E-state index contributed by atoms with van der Waals surface area (Å²) in [4.78, 5) is 25.4. The van der Waals surface area contributed by atoms with Crippen molar-refractivity contribution in [2.24, 2.45) is 0 Å². The summed E-state index contributed by atoms with van der Waals surface area (Å²) in [5, 5.41) is 2.74. The lowest BCUT2D eigenvalue weighted by Crippen LogP contribution is -2.38. The summed E-state index contributed by atoms with van der Waals surface area (Å²) in [7, 11) is -3.01. The quantitative estimate of drug-likeness (QED) is 0.829. The largest absolute Gasteiger partial charge is 0.352 e. The molecule has 1 aromatic carbocycles. The summed E-state index contributed by atoms with van der Waals surface area (Å²) in [6.07, 6.45) is 0.635. The van der Waals surface area contributed by atoms with Crippen LogP contribution in [0.2, 0.25) is 0 Å². The normalized spacial score (nSPS) is 19.0. The molecule has 0 aliphatic carbocycles. The molecule has 0 aromatic heterocycles. The van der Waals surface area contributed by atoms with Crippen LogP contribution in [0, 0.1) is 6.92 Å². The molecule has 1 saturated heterocycles. The minimum absolute atomic E-state index is 0.0124. The van der Waals surface area contributed by atoms with Gasteiger partial charge in [-0.15, -0.1) is 0 Å². The molecular formula is C17H24N2O4S. The summed E-state index contributed by atoms with van der Waals surface area (Å²) < 4.78 is 22.8. The van der Waals surface area contributed by atoms with Crippen LogP contribution in [-0.4, -0.2) is 49.2 Å². The standard InChI is InChI=1S/C17H24N2O4S/c1-13-3-5-15(6-4-13)11-19(14(2)20)9-7-17(21)18-16-8-10-24(22,23)12-16/h3-6,16H,7-12H2,1-2H3,(H,18,21). The van der Waals surface area contributed by atoms with Crippen LogP contribution in [0.15, 0.2) is 24.3 Å². The molecule has 1 atom stereocenters. The van der Waals surface area contributed by atoms with Crippen LogP contribution < -0.4 is 5.32 Å². The third-order valence-electron chi connectivity index (χ3n) is 4.15. The third kappa shape index (κ3) is 5.63. The number of nitrogens with zero attached hydrogens (tertiary/aromatic N) is 1. The van der Waals surface area contributed by atoms with Gasteiger partial charge in [-0.05, 0) is 18.9 Å². The molecule has 24 heavy (non-hydrogen) atoms. The Hall–Kier alpha value is -1.89. The monoisotopic (exact) mass is 352 g/mol. The van der Waals surface area contributed by atoms with E-state index in [9.17, 15) is 18.0 Å². The highest BCUT2D eigenvalue weighted by atomic mass is 32.2. The Kier molecular flexibility index (Phi) is 5.99. The van der Waals surface area contributed by atoms with Crippen LogP contribution in [0.1, 0.15) is 30.9 Å². The lowest BCUT2D eigenvalue weighted by Gasteiger charge is -2.21. The number of rotatable bonds is 6. The topological polar surface area (TPSA) is 83.6 Å². The number of carbonyl (C=O) groups is 2. The van der Waals surface area contributed by atoms with Gasteiger partial charge in [0.15, 0.2) is 9.84 Å². The Morgan fingerprint density at radius 3 is 2.46 bits per heavy atom. The maximum atomic E-state index is 12.0. The highest BCUT2D eigenvalue weighted by Gasteiger charge is 2.28. The highest BCUT2D eigenvalue weighted by Crippen LogP contribution is 2.12. The molecule has 0 radical (unpaired) electrons. The fourth-order valence-electron chi connectivity index (χ4n) is 2.71. The van der Waals surface area contributed by atoms with Gasteiger partial charge in [0.2, 0.25) is 11.8 Å². The minimum atomic E-state index is -3.01. The first-order valence-electron chi connectivity index (χ1n) is 8.06. The summed E-state index contributed by atoms with van der Waals surface area (Å²) in [5.41, 5.74) is 2.16. The Balaban J connectivity index is 1.83. The van der Waals surface area contributed by atoms with Gasteiger partial charge < -0.3 is 10.2 Å². The van der Waals surface area contributed by atoms with Gasteiger partial charge in [0.25, 0.3) is 0 Å². The van der Waals surface area contributed by atoms with Gasteiger partial charge in [0.1, 0.15) is 0 Å². The first-order valence-corrected chi connectivity index (χ1v) is 9.88. The van der Waals surface area contributed by atoms with E-state index in [-0.39, 0.29) is 35.8 Å². The molecule has 0 saturated carbocycles. The predicted molar refractivity (Wildman–Crippen MR) is 92.1 cm³/mol. The number of amides is 2. The molecule has 1 unspecified atom stereocenters. The molecule has 0 bridgehead atoms. The van der Waals surface area contributed by atoms with Crippen molar-refractivity contribution in [1.29, 1.82) is 0 Å². The van der Waals surface area contributed by atoms with E-state index in [1.807, 2.05) is 31.2 Å². The van der Waals surface area contributed by atoms with E-state index in [4.69, 9.17) is 0 Å². The molecule has 6 nitrogen and oxygen atoms in total. The van der Waals surface area contributed by atoms with Crippen LogP contribution in [0.25, 0.3) is 0 Å². The molecule has 7 heteroatoms. The molecule has 0 spiro atoms. The summed E-state index contributed by atoms with van der Waals surface area (Å²) in [6, 6.07) is 7.61. The van der Waals surface area contributed by atoms with Gasteiger partial charge in [-0.3, -0.25) is 9.59 Å². The first-order chi connectivity index (χ1) is 11.2.